The minimum absolute atomic E-state index is 0.0660. The van der Waals surface area contributed by atoms with Gasteiger partial charge in [0.25, 0.3) is 10.1 Å². The quantitative estimate of drug-likeness (QED) is 0.0247. The van der Waals surface area contributed by atoms with Gasteiger partial charge in [-0.15, -0.1) is 20.5 Å². The first-order chi connectivity index (χ1) is 27.9. The summed E-state index contributed by atoms with van der Waals surface area (Å²) in [6.07, 6.45) is 6.28. The number of fused-ring (bicyclic) bond motifs is 3. The van der Waals surface area contributed by atoms with Gasteiger partial charge < -0.3 is 26.2 Å². The standard InChI is InChI=1S/C19H14N6O4S2.C16H11N7O3S/c1-3-22-12-6-4-5-10-16(12)13(7-15(18(10)26)31(27,28)29)23-24-19-11-8-21-9-14(20-2)17(11)25-30-19;1-8(25)20-12-4-9(3-11(15(12)26)19-7-24)21-22-16-10-5-18-6-13(17-2)14(10)23-27-16/h4-9,22,26H,3H2,1H3,(H,27,28,29);3-7,26H,1H3,(H,19,24)(H,20,25). The Morgan fingerprint density at radius 2 is 1.45 bits per heavy atom. The smallest absolute Gasteiger partial charge is 0.298 e. The number of nitrogens with zero attached hydrogens (tertiary/aromatic N) is 10. The van der Waals surface area contributed by atoms with E-state index in [-0.39, 0.29) is 39.6 Å². The average Bonchev–Trinajstić information content (AvgIpc) is 3.82. The molecule has 58 heavy (non-hydrogen) atoms. The van der Waals surface area contributed by atoms with Crippen molar-refractivity contribution in [2.45, 2.75) is 18.7 Å². The second-order valence-electron chi connectivity index (χ2n) is 11.5. The van der Waals surface area contributed by atoms with E-state index in [4.69, 9.17) is 13.1 Å². The number of benzene rings is 3. The average molecular weight is 836 g/mol. The van der Waals surface area contributed by atoms with Crippen LogP contribution in [-0.2, 0) is 19.7 Å². The molecular formula is C35H25N13O7S3. The summed E-state index contributed by atoms with van der Waals surface area (Å²) in [6.45, 7) is 18.1. The highest BCUT2D eigenvalue weighted by Crippen LogP contribution is 2.44. The van der Waals surface area contributed by atoms with E-state index in [1.165, 1.54) is 43.7 Å². The van der Waals surface area contributed by atoms with Gasteiger partial charge >= 0.3 is 0 Å². The van der Waals surface area contributed by atoms with Crippen LogP contribution >= 0.6 is 23.1 Å². The normalized spacial score (nSPS) is 11.3. The van der Waals surface area contributed by atoms with Crippen LogP contribution in [0.15, 0.2) is 86.5 Å². The van der Waals surface area contributed by atoms with Gasteiger partial charge in [-0.3, -0.25) is 24.1 Å². The lowest BCUT2D eigenvalue weighted by atomic mass is 10.1. The molecule has 0 aliphatic carbocycles. The van der Waals surface area contributed by atoms with Crippen LogP contribution in [0.3, 0.4) is 0 Å². The summed E-state index contributed by atoms with van der Waals surface area (Å²) in [5.74, 6) is -1.28. The van der Waals surface area contributed by atoms with Gasteiger partial charge in [0.15, 0.2) is 15.8 Å². The molecule has 0 unspecified atom stereocenters. The minimum Gasteiger partial charge on any atom is -0.506 e. The van der Waals surface area contributed by atoms with Crippen LogP contribution in [0.25, 0.3) is 42.3 Å². The summed E-state index contributed by atoms with van der Waals surface area (Å²) in [7, 11) is -4.71. The molecule has 7 aromatic rings. The van der Waals surface area contributed by atoms with Crippen LogP contribution < -0.4 is 16.0 Å². The number of pyridine rings is 2. The van der Waals surface area contributed by atoms with Crippen molar-refractivity contribution in [1.82, 2.24) is 18.7 Å². The number of anilines is 3. The number of amides is 2. The molecule has 7 rings (SSSR count). The number of hydrogen-bond acceptors (Lipinski definition) is 17. The van der Waals surface area contributed by atoms with Crippen LogP contribution in [0.1, 0.15) is 13.8 Å². The number of phenols is 2. The zero-order valence-electron chi connectivity index (χ0n) is 29.7. The third-order valence-corrected chi connectivity index (χ3v) is 10.2. The third kappa shape index (κ3) is 8.32. The summed E-state index contributed by atoms with van der Waals surface area (Å²) < 4.78 is 41.6. The van der Waals surface area contributed by atoms with E-state index in [1.54, 1.807) is 18.3 Å². The van der Waals surface area contributed by atoms with Crippen molar-refractivity contribution in [2.75, 3.05) is 22.5 Å². The van der Waals surface area contributed by atoms with Crippen molar-refractivity contribution >= 4 is 128 Å². The van der Waals surface area contributed by atoms with Crippen molar-refractivity contribution in [1.29, 1.82) is 0 Å². The molecule has 0 aliphatic heterocycles. The molecule has 0 bridgehead atoms. The molecule has 20 nitrogen and oxygen atoms in total. The predicted molar refractivity (Wildman–Crippen MR) is 217 cm³/mol. The zero-order valence-corrected chi connectivity index (χ0v) is 32.2. The summed E-state index contributed by atoms with van der Waals surface area (Å²) >= 11 is 2.08. The first-order valence-corrected chi connectivity index (χ1v) is 19.3. The maximum Gasteiger partial charge on any atom is 0.298 e. The Bertz CT molecular complexity index is 3030. The molecule has 0 fully saturated rings. The fourth-order valence-electron chi connectivity index (χ4n) is 5.35. The number of aromatic nitrogens is 4. The molecule has 0 atom stereocenters. The van der Waals surface area contributed by atoms with Crippen molar-refractivity contribution in [3.8, 4) is 11.5 Å². The van der Waals surface area contributed by atoms with Crippen LogP contribution in [0, 0.1) is 13.1 Å². The van der Waals surface area contributed by atoms with Gasteiger partial charge in [-0.25, -0.2) is 18.4 Å². The predicted octanol–water partition coefficient (Wildman–Crippen LogP) is 9.08. The Labute approximate surface area is 335 Å². The lowest BCUT2D eigenvalue weighted by Crippen LogP contribution is -2.06. The monoisotopic (exact) mass is 835 g/mol. The van der Waals surface area contributed by atoms with Crippen molar-refractivity contribution in [3.05, 3.63) is 84.0 Å². The molecule has 4 heterocycles. The van der Waals surface area contributed by atoms with Crippen molar-refractivity contribution in [3.63, 3.8) is 0 Å². The number of nitrogens with one attached hydrogen (secondary N) is 3. The Morgan fingerprint density at radius 3 is 2.00 bits per heavy atom. The number of carbonyl (C=O) groups excluding carboxylic acids is 2. The summed E-state index contributed by atoms with van der Waals surface area (Å²) in [5, 5.41) is 47.6. The number of carbonyl (C=O) groups is 2. The van der Waals surface area contributed by atoms with Gasteiger partial charge in [-0.2, -0.15) is 8.42 Å². The molecular weight excluding hydrogens is 811 g/mol. The van der Waals surface area contributed by atoms with E-state index >= 15 is 0 Å². The maximum atomic E-state index is 11.8. The van der Waals surface area contributed by atoms with E-state index in [0.717, 1.165) is 29.1 Å². The Hall–Kier alpha value is -7.57. The Balaban J connectivity index is 0.000000198. The largest absolute Gasteiger partial charge is 0.506 e. The highest BCUT2D eigenvalue weighted by molar-refractivity contribution is 7.86. The van der Waals surface area contributed by atoms with Gasteiger partial charge in [-0.1, -0.05) is 12.1 Å². The zero-order chi connectivity index (χ0) is 41.6. The van der Waals surface area contributed by atoms with Gasteiger partial charge in [0.05, 0.1) is 46.9 Å². The molecule has 23 heteroatoms. The van der Waals surface area contributed by atoms with E-state index < -0.39 is 26.7 Å². The number of phenolic OH excluding ortho intramolecular Hbond substituents is 2. The molecule has 290 valence electrons. The summed E-state index contributed by atoms with van der Waals surface area (Å²) in [6, 6.07) is 8.78. The molecule has 0 radical (unpaired) electrons. The topological polar surface area (TPSA) is 275 Å². The number of rotatable bonds is 10. The summed E-state index contributed by atoms with van der Waals surface area (Å²) in [5.41, 5.74) is 2.69. The van der Waals surface area contributed by atoms with Crippen LogP contribution in [0.5, 0.6) is 11.5 Å². The Morgan fingerprint density at radius 1 is 0.845 bits per heavy atom. The second-order valence-corrected chi connectivity index (χ2v) is 14.4. The molecule has 4 aromatic heterocycles. The minimum atomic E-state index is -4.71. The van der Waals surface area contributed by atoms with Crippen molar-refractivity contribution < 1.29 is 32.8 Å². The highest BCUT2D eigenvalue weighted by atomic mass is 32.2. The molecule has 0 saturated carbocycles. The van der Waals surface area contributed by atoms with E-state index in [1.807, 2.05) is 6.92 Å². The van der Waals surface area contributed by atoms with Crippen LogP contribution in [0.4, 0.5) is 49.8 Å². The SMILES string of the molecule is [C-]#[N+]c1cncc2c(N=Nc3cc(NC=O)c(O)c(NC(C)=O)c3)snc12.[C-]#[N+]c1cncc2c(N=Nc3cc(S(=O)(=O)O)c(O)c4cccc(NCC)c34)snc12. The van der Waals surface area contributed by atoms with Crippen molar-refractivity contribution in [2.24, 2.45) is 20.5 Å². The van der Waals surface area contributed by atoms with Crippen LogP contribution in [-0.4, -0.2) is 60.8 Å². The lowest BCUT2D eigenvalue weighted by Gasteiger charge is -2.13. The lowest BCUT2D eigenvalue weighted by molar-refractivity contribution is -0.114. The van der Waals surface area contributed by atoms with E-state index in [2.05, 4.69) is 64.8 Å². The molecule has 0 saturated heterocycles. The molecule has 3 aromatic carbocycles. The van der Waals surface area contributed by atoms with E-state index in [0.29, 0.717) is 61.5 Å². The van der Waals surface area contributed by atoms with Crippen LogP contribution in [0.2, 0.25) is 0 Å². The number of azo groups is 2. The first-order valence-electron chi connectivity index (χ1n) is 16.3. The fourth-order valence-corrected chi connectivity index (χ4v) is 7.35. The second kappa shape index (κ2) is 17.1. The first kappa shape index (κ1) is 40.1. The molecule has 6 N–H and O–H groups in total. The molecule has 0 aliphatic rings. The van der Waals surface area contributed by atoms with Gasteiger partial charge in [0, 0.05) is 65.5 Å². The van der Waals surface area contributed by atoms with E-state index in [9.17, 15) is 32.8 Å². The molecule has 0 spiro atoms. The fraction of sp³-hybridized carbons (Fsp3) is 0.0857. The number of aromatic hydroxyl groups is 2. The Kier molecular flexibility index (Phi) is 11.8. The maximum absolute atomic E-state index is 11.8. The molecule has 2 amide bonds. The van der Waals surface area contributed by atoms with Gasteiger partial charge in [-0.05, 0) is 54.3 Å². The van der Waals surface area contributed by atoms with Gasteiger partial charge in [0.1, 0.15) is 10.6 Å². The number of hydrogen-bond donors (Lipinski definition) is 6. The highest BCUT2D eigenvalue weighted by Gasteiger charge is 2.22. The summed E-state index contributed by atoms with van der Waals surface area (Å²) in [4.78, 5) is 36.1. The third-order valence-electron chi connectivity index (χ3n) is 7.79. The van der Waals surface area contributed by atoms with Gasteiger partial charge in [0.2, 0.25) is 23.7 Å².